The number of anilines is 1. The van der Waals surface area contributed by atoms with Crippen molar-refractivity contribution in [2.45, 2.75) is 12.8 Å². The zero-order chi connectivity index (χ0) is 25.2. The highest BCUT2D eigenvalue weighted by atomic mass is 35.5. The molecule has 3 aromatic rings. The molecule has 0 atom stereocenters. The van der Waals surface area contributed by atoms with Gasteiger partial charge in [-0.15, -0.1) is 0 Å². The highest BCUT2D eigenvalue weighted by Gasteiger charge is 2.23. The van der Waals surface area contributed by atoms with E-state index in [-0.39, 0.29) is 11.5 Å². The van der Waals surface area contributed by atoms with Gasteiger partial charge in [0.05, 0.1) is 5.71 Å². The third-order valence-corrected chi connectivity index (χ3v) is 6.20. The summed E-state index contributed by atoms with van der Waals surface area (Å²) >= 11 is 6.15. The van der Waals surface area contributed by atoms with Crippen LogP contribution in [0.5, 0.6) is 0 Å². The van der Waals surface area contributed by atoms with Crippen LogP contribution in [0.15, 0.2) is 89.3 Å². The van der Waals surface area contributed by atoms with Gasteiger partial charge in [0, 0.05) is 64.9 Å². The Hall–Kier alpha value is -4.23. The Morgan fingerprint density at radius 2 is 1.92 bits per heavy atom. The lowest BCUT2D eigenvalue weighted by Crippen LogP contribution is -2.20. The molecule has 0 saturated carbocycles. The lowest BCUT2D eigenvalue weighted by Gasteiger charge is -2.20. The lowest BCUT2D eigenvalue weighted by atomic mass is 9.91. The van der Waals surface area contributed by atoms with E-state index >= 15 is 0 Å². The molecule has 2 aliphatic heterocycles. The van der Waals surface area contributed by atoms with Crippen LogP contribution >= 0.6 is 11.6 Å². The Morgan fingerprint density at radius 3 is 2.72 bits per heavy atom. The molecular weight excluding hydrogens is 477 g/mol. The number of fused-ring (bicyclic) bond motifs is 1. The highest BCUT2D eigenvalue weighted by Crippen LogP contribution is 2.33. The van der Waals surface area contributed by atoms with Crippen molar-refractivity contribution < 1.29 is 9.18 Å². The van der Waals surface area contributed by atoms with Crippen molar-refractivity contribution in [1.82, 2.24) is 9.97 Å². The molecule has 0 aliphatic carbocycles. The summed E-state index contributed by atoms with van der Waals surface area (Å²) in [6.07, 6.45) is 11.6. The van der Waals surface area contributed by atoms with Gasteiger partial charge in [-0.3, -0.25) is 14.8 Å². The van der Waals surface area contributed by atoms with Crippen LogP contribution in [0.25, 0.3) is 16.7 Å². The van der Waals surface area contributed by atoms with Crippen molar-refractivity contribution in [3.8, 4) is 11.1 Å². The molecule has 1 amide bonds. The van der Waals surface area contributed by atoms with E-state index in [1.165, 1.54) is 12.1 Å². The standard InChI is InChI=1S/C28H21ClFN5O/c1-3-4-21-22(12-25(34-28(21)31-2)23-11-20(29)6-7-24(23)30)19-10-17(13-32-14-19)18-9-16-5-8-26(36)35-27(16)33-15-18/h3-4,6-7,9-15H,1,5,8H2,2H3,(H,33,35,36)/b21-4-,31-28?. The van der Waals surface area contributed by atoms with Crippen LogP contribution in [0.2, 0.25) is 5.02 Å². The molecule has 0 unspecified atom stereocenters. The van der Waals surface area contributed by atoms with Crippen LogP contribution in [0.1, 0.15) is 23.1 Å². The minimum atomic E-state index is -0.431. The Morgan fingerprint density at radius 1 is 1.11 bits per heavy atom. The maximum absolute atomic E-state index is 14.7. The first-order chi connectivity index (χ1) is 17.5. The van der Waals surface area contributed by atoms with E-state index < -0.39 is 5.82 Å². The van der Waals surface area contributed by atoms with Crippen LogP contribution in [-0.4, -0.2) is 34.5 Å². The number of amides is 1. The maximum atomic E-state index is 14.7. The van der Waals surface area contributed by atoms with Crippen molar-refractivity contribution in [3.63, 3.8) is 0 Å². The van der Waals surface area contributed by atoms with Crippen molar-refractivity contribution in [2.75, 3.05) is 12.4 Å². The van der Waals surface area contributed by atoms with E-state index in [1.54, 1.807) is 43.9 Å². The number of halogens is 2. The second-order valence-corrected chi connectivity index (χ2v) is 8.72. The van der Waals surface area contributed by atoms with E-state index in [0.29, 0.717) is 35.2 Å². The molecule has 0 fully saturated rings. The predicted molar refractivity (Wildman–Crippen MR) is 142 cm³/mol. The number of hydrogen-bond acceptors (Lipinski definition) is 4. The fourth-order valence-electron chi connectivity index (χ4n) is 4.22. The molecular formula is C28H21ClFN5O. The summed E-state index contributed by atoms with van der Waals surface area (Å²) < 4.78 is 14.7. The second kappa shape index (κ2) is 9.79. The van der Waals surface area contributed by atoms with Crippen molar-refractivity contribution >= 4 is 40.4 Å². The molecule has 0 bridgehead atoms. The van der Waals surface area contributed by atoms with Crippen LogP contribution in [0.4, 0.5) is 10.2 Å². The number of amidine groups is 1. The number of aryl methyl sites for hydroxylation is 1. The van der Waals surface area contributed by atoms with Crippen LogP contribution in [-0.2, 0) is 11.2 Å². The Kier molecular flexibility index (Phi) is 6.40. The quantitative estimate of drug-likeness (QED) is 0.491. The van der Waals surface area contributed by atoms with Crippen molar-refractivity contribution in [2.24, 2.45) is 9.98 Å². The number of carbonyl (C=O) groups excluding carboxylic acids is 1. The van der Waals surface area contributed by atoms with Gasteiger partial charge in [0.1, 0.15) is 11.6 Å². The van der Waals surface area contributed by atoms with E-state index in [9.17, 15) is 9.18 Å². The normalized spacial score (nSPS) is 17.4. The number of aliphatic imine (C=N–C) groups is 2. The zero-order valence-electron chi connectivity index (χ0n) is 19.4. The number of allylic oxidation sites excluding steroid dienone is 3. The lowest BCUT2D eigenvalue weighted by molar-refractivity contribution is -0.116. The van der Waals surface area contributed by atoms with Gasteiger partial charge in [0.15, 0.2) is 5.84 Å². The summed E-state index contributed by atoms with van der Waals surface area (Å²) in [5.74, 6) is 0.579. The molecule has 36 heavy (non-hydrogen) atoms. The van der Waals surface area contributed by atoms with Gasteiger partial charge in [0.25, 0.3) is 0 Å². The smallest absolute Gasteiger partial charge is 0.225 e. The SMILES string of the molecule is C=C/C=C1/C(c2cncc(-c3cnc4c(c3)CCC(=O)N4)c2)=CC(c2cc(Cl)ccc2F)=NC1=NC. The van der Waals surface area contributed by atoms with Gasteiger partial charge in [-0.2, -0.15) is 0 Å². The maximum Gasteiger partial charge on any atom is 0.225 e. The van der Waals surface area contributed by atoms with Crippen LogP contribution in [0, 0.1) is 5.82 Å². The number of dihydropyridines is 1. The predicted octanol–water partition coefficient (Wildman–Crippen LogP) is 5.85. The monoisotopic (exact) mass is 497 g/mol. The highest BCUT2D eigenvalue weighted by molar-refractivity contribution is 6.32. The topological polar surface area (TPSA) is 79.6 Å². The zero-order valence-corrected chi connectivity index (χ0v) is 20.2. The number of hydrogen-bond donors (Lipinski definition) is 1. The van der Waals surface area contributed by atoms with Crippen LogP contribution in [0.3, 0.4) is 0 Å². The average molecular weight is 498 g/mol. The summed E-state index contributed by atoms with van der Waals surface area (Å²) in [5.41, 5.74) is 5.70. The third kappa shape index (κ3) is 4.53. The number of nitrogens with zero attached hydrogens (tertiary/aromatic N) is 4. The van der Waals surface area contributed by atoms with Gasteiger partial charge < -0.3 is 5.32 Å². The van der Waals surface area contributed by atoms with Gasteiger partial charge in [-0.1, -0.05) is 30.3 Å². The van der Waals surface area contributed by atoms with Crippen LogP contribution < -0.4 is 5.32 Å². The number of aromatic nitrogens is 2. The fraction of sp³-hybridized carbons (Fsp3) is 0.107. The molecule has 0 saturated heterocycles. The molecule has 0 radical (unpaired) electrons. The van der Waals surface area contributed by atoms with E-state index in [2.05, 4.69) is 31.8 Å². The van der Waals surface area contributed by atoms with E-state index in [4.69, 9.17) is 11.6 Å². The third-order valence-electron chi connectivity index (χ3n) is 5.97. The molecule has 0 spiro atoms. The molecule has 1 N–H and O–H groups in total. The molecule has 2 aliphatic rings. The Bertz CT molecular complexity index is 1540. The second-order valence-electron chi connectivity index (χ2n) is 8.28. The fourth-order valence-corrected chi connectivity index (χ4v) is 4.40. The molecule has 4 heterocycles. The minimum Gasteiger partial charge on any atom is -0.310 e. The van der Waals surface area contributed by atoms with E-state index in [0.717, 1.165) is 33.4 Å². The number of pyridine rings is 2. The van der Waals surface area contributed by atoms with Crippen molar-refractivity contribution in [1.29, 1.82) is 0 Å². The number of nitrogens with one attached hydrogen (secondary N) is 1. The average Bonchev–Trinajstić information content (AvgIpc) is 2.90. The molecule has 5 rings (SSSR count). The molecule has 8 heteroatoms. The Labute approximate surface area is 212 Å². The van der Waals surface area contributed by atoms with Gasteiger partial charge in [0.2, 0.25) is 5.91 Å². The largest absolute Gasteiger partial charge is 0.310 e. The summed E-state index contributed by atoms with van der Waals surface area (Å²) in [6, 6.07) is 8.37. The number of carbonyl (C=O) groups is 1. The first kappa shape index (κ1) is 23.5. The van der Waals surface area contributed by atoms with E-state index in [1.807, 2.05) is 18.2 Å². The summed E-state index contributed by atoms with van der Waals surface area (Å²) in [7, 11) is 1.64. The Balaban J connectivity index is 1.62. The number of benzene rings is 1. The minimum absolute atomic E-state index is 0.0285. The first-order valence-corrected chi connectivity index (χ1v) is 11.6. The molecule has 2 aromatic heterocycles. The van der Waals surface area contributed by atoms with Gasteiger partial charge in [-0.25, -0.2) is 14.4 Å². The first-order valence-electron chi connectivity index (χ1n) is 11.3. The molecule has 6 nitrogen and oxygen atoms in total. The number of rotatable bonds is 4. The van der Waals surface area contributed by atoms with Crippen molar-refractivity contribution in [3.05, 3.63) is 107 Å². The summed E-state index contributed by atoms with van der Waals surface area (Å²) in [6.45, 7) is 3.83. The molecule has 1 aromatic carbocycles. The molecule has 178 valence electrons. The van der Waals surface area contributed by atoms with Gasteiger partial charge in [-0.05, 0) is 54.0 Å². The summed E-state index contributed by atoms with van der Waals surface area (Å²) in [5, 5.41) is 3.21. The summed E-state index contributed by atoms with van der Waals surface area (Å²) in [4.78, 5) is 29.5. The van der Waals surface area contributed by atoms with Gasteiger partial charge >= 0.3 is 0 Å².